The van der Waals surface area contributed by atoms with Crippen LogP contribution in [-0.2, 0) is 4.79 Å². The van der Waals surface area contributed by atoms with Gasteiger partial charge in [0.15, 0.2) is 0 Å². The molecule has 21 heavy (non-hydrogen) atoms. The first-order chi connectivity index (χ1) is 9.91. The summed E-state index contributed by atoms with van der Waals surface area (Å²) in [6, 6.07) is 0.252. The molecule has 124 valence electrons. The van der Waals surface area contributed by atoms with E-state index in [-0.39, 0.29) is 12.0 Å². The van der Waals surface area contributed by atoms with Gasteiger partial charge in [-0.2, -0.15) is 0 Å². The number of hydrogen-bond acceptors (Lipinski definition) is 2. The number of carboxylic acids is 1. The molecule has 0 heterocycles. The van der Waals surface area contributed by atoms with Crippen molar-refractivity contribution in [3.05, 3.63) is 0 Å². The fourth-order valence-corrected chi connectivity index (χ4v) is 3.30. The third-order valence-electron chi connectivity index (χ3n) is 4.75. The molecule has 0 aliphatic heterocycles. The Morgan fingerprint density at radius 3 is 2.00 bits per heavy atom. The lowest BCUT2D eigenvalue weighted by molar-refractivity contribution is -0.144. The molecular weight excluding hydrogens is 262 g/mol. The van der Waals surface area contributed by atoms with Crippen molar-refractivity contribution in [1.29, 1.82) is 0 Å². The second-order valence-electron chi connectivity index (χ2n) is 7.55. The molecule has 3 nitrogen and oxygen atoms in total. The van der Waals surface area contributed by atoms with E-state index >= 15 is 0 Å². The molecule has 0 aromatic rings. The van der Waals surface area contributed by atoms with Crippen molar-refractivity contribution >= 4 is 5.97 Å². The van der Waals surface area contributed by atoms with Gasteiger partial charge >= 0.3 is 5.97 Å². The molecule has 2 unspecified atom stereocenters. The van der Waals surface area contributed by atoms with Crippen LogP contribution in [-0.4, -0.2) is 35.1 Å². The Bertz CT molecular complexity index is 290. The van der Waals surface area contributed by atoms with Crippen LogP contribution in [0.25, 0.3) is 0 Å². The van der Waals surface area contributed by atoms with Gasteiger partial charge in [-0.05, 0) is 50.6 Å². The van der Waals surface area contributed by atoms with Gasteiger partial charge in [0.25, 0.3) is 0 Å². The second kappa shape index (κ2) is 9.45. The van der Waals surface area contributed by atoms with Crippen molar-refractivity contribution in [1.82, 2.24) is 4.90 Å². The van der Waals surface area contributed by atoms with Gasteiger partial charge in [0.05, 0.1) is 5.92 Å². The molecule has 0 aromatic heterocycles. The predicted molar refractivity (Wildman–Crippen MR) is 88.5 cm³/mol. The first kappa shape index (κ1) is 18.5. The maximum atomic E-state index is 11.7. The van der Waals surface area contributed by atoms with Crippen LogP contribution in [0.4, 0.5) is 0 Å². The molecule has 0 amide bonds. The lowest BCUT2D eigenvalue weighted by Crippen LogP contribution is -2.44. The fraction of sp³-hybridized carbons (Fsp3) is 0.944. The summed E-state index contributed by atoms with van der Waals surface area (Å²) in [4.78, 5) is 14.2. The highest BCUT2D eigenvalue weighted by molar-refractivity contribution is 5.70. The molecule has 1 rings (SSSR count). The van der Waals surface area contributed by atoms with E-state index < -0.39 is 5.97 Å². The topological polar surface area (TPSA) is 40.5 Å². The molecule has 0 bridgehead atoms. The van der Waals surface area contributed by atoms with Crippen LogP contribution >= 0.6 is 0 Å². The Morgan fingerprint density at radius 1 is 1.00 bits per heavy atom. The van der Waals surface area contributed by atoms with Crippen molar-refractivity contribution in [2.45, 2.75) is 78.7 Å². The van der Waals surface area contributed by atoms with Gasteiger partial charge in [0.1, 0.15) is 0 Å². The monoisotopic (exact) mass is 297 g/mol. The number of nitrogens with zero attached hydrogens (tertiary/aromatic N) is 1. The lowest BCUT2D eigenvalue weighted by atomic mass is 9.92. The SMILES string of the molecule is CC(C)CCN(CCC(C)C)C1CCCCCC1C(=O)O. The van der Waals surface area contributed by atoms with Crippen molar-refractivity contribution in [2.75, 3.05) is 13.1 Å². The molecule has 1 fully saturated rings. The van der Waals surface area contributed by atoms with Gasteiger partial charge in [0.2, 0.25) is 0 Å². The molecule has 1 aliphatic carbocycles. The number of hydrogen-bond donors (Lipinski definition) is 1. The van der Waals surface area contributed by atoms with Gasteiger partial charge in [-0.3, -0.25) is 9.69 Å². The summed E-state index contributed by atoms with van der Waals surface area (Å²) in [6.07, 6.45) is 7.72. The minimum absolute atomic E-state index is 0.160. The standard InChI is InChI=1S/C18H35NO2/c1-14(2)10-12-19(13-11-15(3)4)17-9-7-5-6-8-16(17)18(20)21/h14-17H,5-13H2,1-4H3,(H,20,21). The number of rotatable bonds is 8. The third kappa shape index (κ3) is 6.82. The van der Waals surface area contributed by atoms with E-state index in [1.165, 1.54) is 25.7 Å². The van der Waals surface area contributed by atoms with Crippen LogP contribution in [0.15, 0.2) is 0 Å². The van der Waals surface area contributed by atoms with E-state index in [2.05, 4.69) is 32.6 Å². The summed E-state index contributed by atoms with van der Waals surface area (Å²) in [5, 5.41) is 9.61. The molecule has 1 N–H and O–H groups in total. The highest BCUT2D eigenvalue weighted by Crippen LogP contribution is 2.28. The highest BCUT2D eigenvalue weighted by Gasteiger charge is 2.33. The van der Waals surface area contributed by atoms with Crippen LogP contribution in [0.1, 0.15) is 72.6 Å². The molecule has 0 radical (unpaired) electrons. The Hall–Kier alpha value is -0.570. The summed E-state index contributed by atoms with van der Waals surface area (Å²) < 4.78 is 0. The van der Waals surface area contributed by atoms with E-state index in [4.69, 9.17) is 0 Å². The molecule has 0 aromatic carbocycles. The molecule has 0 spiro atoms. The first-order valence-electron chi connectivity index (χ1n) is 8.88. The Kier molecular flexibility index (Phi) is 8.31. The number of carboxylic acid groups (broad SMARTS) is 1. The lowest BCUT2D eigenvalue weighted by Gasteiger charge is -2.35. The van der Waals surface area contributed by atoms with Gasteiger partial charge in [-0.1, -0.05) is 47.0 Å². The zero-order valence-corrected chi connectivity index (χ0v) is 14.5. The zero-order chi connectivity index (χ0) is 15.8. The fourth-order valence-electron chi connectivity index (χ4n) is 3.30. The van der Waals surface area contributed by atoms with Crippen LogP contribution < -0.4 is 0 Å². The molecule has 0 saturated heterocycles. The van der Waals surface area contributed by atoms with E-state index in [9.17, 15) is 9.90 Å². The number of carbonyl (C=O) groups is 1. The Labute approximate surface area is 131 Å². The van der Waals surface area contributed by atoms with Crippen LogP contribution in [0, 0.1) is 17.8 Å². The van der Waals surface area contributed by atoms with E-state index in [1.54, 1.807) is 0 Å². The molecular formula is C18H35NO2. The predicted octanol–water partition coefficient (Wildman–Crippen LogP) is 4.41. The van der Waals surface area contributed by atoms with E-state index in [1.807, 2.05) is 0 Å². The Balaban J connectivity index is 2.76. The molecule has 1 saturated carbocycles. The van der Waals surface area contributed by atoms with Crippen molar-refractivity contribution < 1.29 is 9.90 Å². The van der Waals surface area contributed by atoms with Crippen LogP contribution in [0.3, 0.4) is 0 Å². The van der Waals surface area contributed by atoms with Gasteiger partial charge in [-0.15, -0.1) is 0 Å². The van der Waals surface area contributed by atoms with E-state index in [0.717, 1.165) is 32.4 Å². The van der Waals surface area contributed by atoms with Crippen molar-refractivity contribution in [2.24, 2.45) is 17.8 Å². The molecule has 2 atom stereocenters. The van der Waals surface area contributed by atoms with Gasteiger partial charge in [0, 0.05) is 6.04 Å². The van der Waals surface area contributed by atoms with Gasteiger partial charge < -0.3 is 5.11 Å². The second-order valence-corrected chi connectivity index (χ2v) is 7.55. The normalized spacial score (nSPS) is 23.8. The third-order valence-corrected chi connectivity index (χ3v) is 4.75. The smallest absolute Gasteiger partial charge is 0.308 e. The zero-order valence-electron chi connectivity index (χ0n) is 14.5. The van der Waals surface area contributed by atoms with Crippen molar-refractivity contribution in [3.8, 4) is 0 Å². The molecule has 1 aliphatic rings. The Morgan fingerprint density at radius 2 is 1.52 bits per heavy atom. The van der Waals surface area contributed by atoms with Crippen LogP contribution in [0.2, 0.25) is 0 Å². The summed E-state index contributed by atoms with van der Waals surface area (Å²) in [6.45, 7) is 11.1. The average molecular weight is 297 g/mol. The number of aliphatic carboxylic acids is 1. The van der Waals surface area contributed by atoms with Gasteiger partial charge in [-0.25, -0.2) is 0 Å². The highest BCUT2D eigenvalue weighted by atomic mass is 16.4. The maximum absolute atomic E-state index is 11.7. The molecule has 3 heteroatoms. The van der Waals surface area contributed by atoms with Crippen LogP contribution in [0.5, 0.6) is 0 Å². The van der Waals surface area contributed by atoms with E-state index in [0.29, 0.717) is 11.8 Å². The quantitative estimate of drug-likeness (QED) is 0.674. The minimum atomic E-state index is -0.582. The summed E-state index contributed by atoms with van der Waals surface area (Å²) in [7, 11) is 0. The maximum Gasteiger partial charge on any atom is 0.308 e. The summed E-state index contributed by atoms with van der Waals surface area (Å²) in [5.41, 5.74) is 0. The average Bonchev–Trinajstić information content (AvgIpc) is 2.64. The summed E-state index contributed by atoms with van der Waals surface area (Å²) >= 11 is 0. The first-order valence-corrected chi connectivity index (χ1v) is 8.88. The minimum Gasteiger partial charge on any atom is -0.481 e. The largest absolute Gasteiger partial charge is 0.481 e. The summed E-state index contributed by atoms with van der Waals surface area (Å²) in [5.74, 6) is 0.619. The van der Waals surface area contributed by atoms with Crippen molar-refractivity contribution in [3.63, 3.8) is 0 Å².